The quantitative estimate of drug-likeness (QED) is 0.536. The summed E-state index contributed by atoms with van der Waals surface area (Å²) in [6.45, 7) is 2.41. The number of hydrogen-bond acceptors (Lipinski definition) is 7. The van der Waals surface area contributed by atoms with Gasteiger partial charge in [0.15, 0.2) is 5.82 Å². The van der Waals surface area contributed by atoms with Gasteiger partial charge < -0.3 is 10.3 Å². The summed E-state index contributed by atoms with van der Waals surface area (Å²) in [4.78, 5) is 12.5. The topological polar surface area (TPSA) is 103 Å². The summed E-state index contributed by atoms with van der Waals surface area (Å²) in [5.41, 5.74) is 2.75. The second kappa shape index (κ2) is 7.28. The summed E-state index contributed by atoms with van der Waals surface area (Å²) in [6, 6.07) is 11.7. The number of hydrazone groups is 1. The van der Waals surface area contributed by atoms with Crippen LogP contribution < -0.4 is 5.84 Å². The highest BCUT2D eigenvalue weighted by atomic mass is 32.2. The maximum absolute atomic E-state index is 12.5. The highest BCUT2D eigenvalue weighted by molar-refractivity contribution is 7.99. The molecule has 1 aliphatic rings. The van der Waals surface area contributed by atoms with E-state index in [0.717, 1.165) is 23.3 Å². The van der Waals surface area contributed by atoms with E-state index in [0.29, 0.717) is 23.3 Å². The van der Waals surface area contributed by atoms with Gasteiger partial charge in [-0.2, -0.15) is 5.10 Å². The smallest absolute Gasteiger partial charge is 0.253 e. The van der Waals surface area contributed by atoms with Crippen LogP contribution in [0.1, 0.15) is 17.7 Å². The molecule has 0 radical (unpaired) electrons. The summed E-state index contributed by atoms with van der Waals surface area (Å²) >= 11 is 1.24. The predicted octanol–water partition coefficient (Wildman–Crippen LogP) is 2.29. The number of furan rings is 1. The minimum atomic E-state index is -0.0880. The van der Waals surface area contributed by atoms with Gasteiger partial charge in [-0.25, -0.2) is 9.69 Å². The third-order valence-electron chi connectivity index (χ3n) is 4.29. The Bertz CT molecular complexity index is 994. The van der Waals surface area contributed by atoms with Crippen LogP contribution in [0.25, 0.3) is 11.4 Å². The SMILES string of the molecule is Cc1occc1-c1nnc(SCC(=O)N2CCC(c3ccccc3)=N2)n1N. The second-order valence-corrected chi connectivity index (χ2v) is 6.98. The second-order valence-electron chi connectivity index (χ2n) is 6.03. The van der Waals surface area contributed by atoms with Crippen molar-refractivity contribution in [1.82, 2.24) is 19.9 Å². The van der Waals surface area contributed by atoms with Gasteiger partial charge in [0.25, 0.3) is 5.91 Å². The summed E-state index contributed by atoms with van der Waals surface area (Å²) in [7, 11) is 0. The molecule has 0 saturated carbocycles. The molecule has 0 atom stereocenters. The zero-order valence-electron chi connectivity index (χ0n) is 14.7. The Labute approximate surface area is 160 Å². The number of aryl methyl sites for hydroxylation is 1. The number of carbonyl (C=O) groups excluding carboxylic acids is 1. The molecule has 1 amide bonds. The zero-order chi connectivity index (χ0) is 18.8. The maximum Gasteiger partial charge on any atom is 0.253 e. The molecule has 0 saturated heterocycles. The van der Waals surface area contributed by atoms with Crippen LogP contribution in [-0.4, -0.2) is 43.8 Å². The van der Waals surface area contributed by atoms with E-state index in [-0.39, 0.29) is 11.7 Å². The molecule has 9 heteroatoms. The summed E-state index contributed by atoms with van der Waals surface area (Å²) < 4.78 is 6.65. The number of nitrogens with two attached hydrogens (primary N) is 1. The zero-order valence-corrected chi connectivity index (χ0v) is 15.5. The molecule has 0 spiro atoms. The van der Waals surface area contributed by atoms with Gasteiger partial charge >= 0.3 is 0 Å². The third kappa shape index (κ3) is 3.45. The normalized spacial score (nSPS) is 13.8. The molecule has 0 fully saturated rings. The first-order valence-electron chi connectivity index (χ1n) is 8.44. The summed E-state index contributed by atoms with van der Waals surface area (Å²) in [5, 5.41) is 14.6. The molecule has 1 aliphatic heterocycles. The van der Waals surface area contributed by atoms with Crippen LogP contribution in [0.4, 0.5) is 0 Å². The fraction of sp³-hybridized carbons (Fsp3) is 0.222. The van der Waals surface area contributed by atoms with Gasteiger partial charge in [-0.05, 0) is 18.6 Å². The molecule has 0 unspecified atom stereocenters. The summed E-state index contributed by atoms with van der Waals surface area (Å²) in [5.74, 6) is 7.39. The summed E-state index contributed by atoms with van der Waals surface area (Å²) in [6.07, 6.45) is 2.32. The van der Waals surface area contributed by atoms with Gasteiger partial charge in [-0.15, -0.1) is 10.2 Å². The van der Waals surface area contributed by atoms with E-state index >= 15 is 0 Å². The predicted molar refractivity (Wildman–Crippen MR) is 103 cm³/mol. The Morgan fingerprint density at radius 2 is 2.07 bits per heavy atom. The Morgan fingerprint density at radius 3 is 2.81 bits per heavy atom. The molecule has 3 aromatic rings. The lowest BCUT2D eigenvalue weighted by molar-refractivity contribution is -0.127. The number of benzene rings is 1. The van der Waals surface area contributed by atoms with Crippen molar-refractivity contribution in [2.75, 3.05) is 18.1 Å². The van der Waals surface area contributed by atoms with E-state index < -0.39 is 0 Å². The van der Waals surface area contributed by atoms with E-state index in [2.05, 4.69) is 15.3 Å². The van der Waals surface area contributed by atoms with Crippen molar-refractivity contribution in [3.63, 3.8) is 0 Å². The van der Waals surface area contributed by atoms with E-state index in [1.165, 1.54) is 21.4 Å². The molecule has 0 bridgehead atoms. The van der Waals surface area contributed by atoms with Crippen molar-refractivity contribution in [3.8, 4) is 11.4 Å². The fourth-order valence-electron chi connectivity index (χ4n) is 2.85. The van der Waals surface area contributed by atoms with Gasteiger partial charge in [-0.1, -0.05) is 42.1 Å². The third-order valence-corrected chi connectivity index (χ3v) is 5.21. The molecular weight excluding hydrogens is 364 g/mol. The van der Waals surface area contributed by atoms with Crippen LogP contribution in [0.5, 0.6) is 0 Å². The van der Waals surface area contributed by atoms with Crippen LogP contribution in [-0.2, 0) is 4.79 Å². The molecule has 1 aromatic carbocycles. The van der Waals surface area contributed by atoms with Crippen molar-refractivity contribution in [3.05, 3.63) is 54.0 Å². The van der Waals surface area contributed by atoms with Gasteiger partial charge in [0.1, 0.15) is 5.76 Å². The van der Waals surface area contributed by atoms with Gasteiger partial charge in [0.05, 0.1) is 29.8 Å². The minimum Gasteiger partial charge on any atom is -0.469 e. The molecule has 4 rings (SSSR count). The number of nitrogens with zero attached hydrogens (tertiary/aromatic N) is 5. The Balaban J connectivity index is 1.41. The van der Waals surface area contributed by atoms with Crippen molar-refractivity contribution in [1.29, 1.82) is 0 Å². The molecule has 2 aromatic heterocycles. The number of nitrogen functional groups attached to an aromatic ring is 1. The highest BCUT2D eigenvalue weighted by Crippen LogP contribution is 2.25. The first-order valence-corrected chi connectivity index (χ1v) is 9.43. The van der Waals surface area contributed by atoms with Crippen molar-refractivity contribution < 1.29 is 9.21 Å². The molecule has 27 heavy (non-hydrogen) atoms. The van der Waals surface area contributed by atoms with Crippen LogP contribution >= 0.6 is 11.8 Å². The van der Waals surface area contributed by atoms with Crippen LogP contribution in [0.3, 0.4) is 0 Å². The minimum absolute atomic E-state index is 0.0880. The highest BCUT2D eigenvalue weighted by Gasteiger charge is 2.23. The molecule has 2 N–H and O–H groups in total. The Morgan fingerprint density at radius 1 is 1.26 bits per heavy atom. The number of carbonyl (C=O) groups is 1. The fourth-order valence-corrected chi connectivity index (χ4v) is 3.57. The molecule has 138 valence electrons. The molecular formula is C18H18N6O2S. The lowest BCUT2D eigenvalue weighted by Crippen LogP contribution is -2.25. The largest absolute Gasteiger partial charge is 0.469 e. The average molecular weight is 382 g/mol. The van der Waals surface area contributed by atoms with Gasteiger partial charge in [0, 0.05) is 6.42 Å². The average Bonchev–Trinajstić information content (AvgIpc) is 3.41. The van der Waals surface area contributed by atoms with Crippen LogP contribution in [0, 0.1) is 6.92 Å². The number of hydrogen-bond donors (Lipinski definition) is 1. The van der Waals surface area contributed by atoms with E-state index in [9.17, 15) is 4.79 Å². The monoisotopic (exact) mass is 382 g/mol. The number of thioether (sulfide) groups is 1. The first-order chi connectivity index (χ1) is 13.1. The standard InChI is InChI=1S/C18H18N6O2S/c1-12-14(8-10-26-12)17-20-21-18(24(17)19)27-11-16(25)23-9-7-15(22-23)13-5-3-2-4-6-13/h2-6,8,10H,7,9,11,19H2,1H3. The van der Waals surface area contributed by atoms with Crippen molar-refractivity contribution >= 4 is 23.4 Å². The number of aromatic nitrogens is 3. The lowest BCUT2D eigenvalue weighted by atomic mass is 10.1. The molecule has 8 nitrogen and oxygen atoms in total. The van der Waals surface area contributed by atoms with Crippen molar-refractivity contribution in [2.45, 2.75) is 18.5 Å². The lowest BCUT2D eigenvalue weighted by Gasteiger charge is -2.10. The molecule has 0 aliphatic carbocycles. The Kier molecular flexibility index (Phi) is 4.68. The van der Waals surface area contributed by atoms with Gasteiger partial charge in [-0.3, -0.25) is 4.79 Å². The van der Waals surface area contributed by atoms with E-state index in [4.69, 9.17) is 10.3 Å². The Hall–Kier alpha value is -3.07. The number of rotatable bonds is 5. The van der Waals surface area contributed by atoms with Crippen LogP contribution in [0.15, 0.2) is 57.3 Å². The van der Waals surface area contributed by atoms with Crippen LogP contribution in [0.2, 0.25) is 0 Å². The van der Waals surface area contributed by atoms with Gasteiger partial charge in [0.2, 0.25) is 5.16 Å². The number of amides is 1. The molecule has 3 heterocycles. The van der Waals surface area contributed by atoms with E-state index in [1.54, 1.807) is 12.3 Å². The van der Waals surface area contributed by atoms with E-state index in [1.807, 2.05) is 37.3 Å². The maximum atomic E-state index is 12.5. The van der Waals surface area contributed by atoms with Crippen molar-refractivity contribution in [2.24, 2.45) is 5.10 Å². The first kappa shape index (κ1) is 17.3.